The molecule has 0 radical (unpaired) electrons. The van der Waals surface area contributed by atoms with Gasteiger partial charge in [-0.15, -0.1) is 0 Å². The Morgan fingerprint density at radius 1 is 1.33 bits per heavy atom. The van der Waals surface area contributed by atoms with Crippen molar-refractivity contribution in [1.82, 2.24) is 0 Å². The monoisotopic (exact) mass is 272 g/mol. The summed E-state index contributed by atoms with van der Waals surface area (Å²) < 4.78 is 0.603. The number of halogens is 1. The molecule has 0 saturated carbocycles. The van der Waals surface area contributed by atoms with E-state index in [-0.39, 0.29) is 5.17 Å². The van der Waals surface area contributed by atoms with E-state index in [0.29, 0.717) is 22.4 Å². The third kappa shape index (κ3) is 7.83. The summed E-state index contributed by atoms with van der Waals surface area (Å²) in [5, 5.41) is 33.0. The Morgan fingerprint density at radius 3 is 2.11 bits per heavy atom. The number of aromatic nitrogens is 1. The summed E-state index contributed by atoms with van der Waals surface area (Å²) in [7, 11) is 0. The summed E-state index contributed by atoms with van der Waals surface area (Å²) in [5.41, 5.74) is 0.430. The standard InChI is InChI=1S/C6H5ClN2O.C4H4O4/c7-6(8)5-2-1-3-9(10)4-5;5-3(6)1-2-4(7)8/h1-4,8H;1-2H,(H,5,6)(H,7,8)/b;2-1-. The van der Waals surface area contributed by atoms with Crippen LogP contribution in [0.1, 0.15) is 5.56 Å². The molecule has 3 N–H and O–H groups in total. The fourth-order valence-corrected chi connectivity index (χ4v) is 0.839. The Balaban J connectivity index is 0.000000331. The van der Waals surface area contributed by atoms with Crippen LogP contribution in [0.5, 0.6) is 0 Å². The first-order valence-electron chi connectivity index (χ1n) is 4.40. The molecule has 7 nitrogen and oxygen atoms in total. The lowest BCUT2D eigenvalue weighted by Gasteiger charge is -1.95. The SMILES string of the molecule is N=C(Cl)c1ccc[n+]([O-])c1.O=C(O)/C=C\C(=O)O. The van der Waals surface area contributed by atoms with Crippen LogP contribution in [0.3, 0.4) is 0 Å². The molecule has 0 bridgehead atoms. The minimum Gasteiger partial charge on any atom is -0.619 e. The third-order valence-corrected chi connectivity index (χ3v) is 1.62. The number of hydrogen-bond acceptors (Lipinski definition) is 4. The van der Waals surface area contributed by atoms with Crippen LogP contribution in [-0.4, -0.2) is 27.3 Å². The molecular formula is C10H9ClN2O5. The maximum atomic E-state index is 10.6. The normalized spacial score (nSPS) is 9.39. The quantitative estimate of drug-likeness (QED) is 0.321. The van der Waals surface area contributed by atoms with E-state index in [9.17, 15) is 14.8 Å². The highest BCUT2D eigenvalue weighted by atomic mass is 35.5. The summed E-state index contributed by atoms with van der Waals surface area (Å²) >= 11 is 5.31. The molecule has 0 spiro atoms. The maximum Gasteiger partial charge on any atom is 0.328 e. The van der Waals surface area contributed by atoms with E-state index in [1.807, 2.05) is 0 Å². The summed E-state index contributed by atoms with van der Waals surface area (Å²) in [5.74, 6) is -2.51. The van der Waals surface area contributed by atoms with Crippen molar-refractivity contribution in [2.24, 2.45) is 0 Å². The zero-order valence-electron chi connectivity index (χ0n) is 8.91. The van der Waals surface area contributed by atoms with E-state index < -0.39 is 11.9 Å². The zero-order valence-corrected chi connectivity index (χ0v) is 9.66. The van der Waals surface area contributed by atoms with Crippen LogP contribution in [0.15, 0.2) is 36.7 Å². The maximum absolute atomic E-state index is 10.6. The first kappa shape index (κ1) is 15.6. The van der Waals surface area contributed by atoms with Gasteiger partial charge in [-0.3, -0.25) is 5.41 Å². The first-order chi connectivity index (χ1) is 8.32. The summed E-state index contributed by atoms with van der Waals surface area (Å²) in [4.78, 5) is 19.1. The second-order valence-electron chi connectivity index (χ2n) is 2.78. The van der Waals surface area contributed by atoms with Crippen LogP contribution in [0.25, 0.3) is 0 Å². The van der Waals surface area contributed by atoms with E-state index in [4.69, 9.17) is 27.2 Å². The number of carboxylic acid groups (broad SMARTS) is 2. The molecule has 0 aliphatic rings. The number of pyridine rings is 1. The molecule has 0 aromatic carbocycles. The lowest BCUT2D eigenvalue weighted by Crippen LogP contribution is -2.25. The van der Waals surface area contributed by atoms with Gasteiger partial charge in [0.1, 0.15) is 5.17 Å². The van der Waals surface area contributed by atoms with Crippen LogP contribution in [-0.2, 0) is 9.59 Å². The molecular weight excluding hydrogens is 264 g/mol. The van der Waals surface area contributed by atoms with Gasteiger partial charge in [0, 0.05) is 18.2 Å². The van der Waals surface area contributed by atoms with Gasteiger partial charge in [0.2, 0.25) is 0 Å². The Hall–Kier alpha value is -2.41. The number of carboxylic acids is 2. The first-order valence-corrected chi connectivity index (χ1v) is 4.78. The van der Waals surface area contributed by atoms with Gasteiger partial charge in [-0.2, -0.15) is 4.73 Å². The molecule has 0 saturated heterocycles. The molecule has 1 aromatic rings. The van der Waals surface area contributed by atoms with Crippen molar-refractivity contribution < 1.29 is 24.5 Å². The Labute approximate surface area is 107 Å². The number of nitrogens with one attached hydrogen (secondary N) is 1. The number of carbonyl (C=O) groups is 2. The predicted octanol–water partition coefficient (Wildman–Crippen LogP) is 0.596. The molecule has 1 heterocycles. The van der Waals surface area contributed by atoms with Crippen molar-refractivity contribution in [2.45, 2.75) is 0 Å². The number of hydrogen-bond donors (Lipinski definition) is 3. The molecule has 0 amide bonds. The molecule has 0 aliphatic heterocycles. The minimum absolute atomic E-state index is 0.120. The number of rotatable bonds is 3. The van der Waals surface area contributed by atoms with Crippen molar-refractivity contribution in [3.63, 3.8) is 0 Å². The molecule has 1 rings (SSSR count). The van der Waals surface area contributed by atoms with Gasteiger partial charge >= 0.3 is 11.9 Å². The Morgan fingerprint density at radius 2 is 1.83 bits per heavy atom. The lowest BCUT2D eigenvalue weighted by molar-refractivity contribution is -0.605. The fraction of sp³-hybridized carbons (Fsp3) is 0. The zero-order chi connectivity index (χ0) is 14.1. The molecule has 96 valence electrons. The van der Waals surface area contributed by atoms with E-state index >= 15 is 0 Å². The van der Waals surface area contributed by atoms with Crippen LogP contribution in [0.4, 0.5) is 0 Å². The van der Waals surface area contributed by atoms with E-state index in [1.165, 1.54) is 12.4 Å². The van der Waals surface area contributed by atoms with Crippen molar-refractivity contribution in [1.29, 1.82) is 5.41 Å². The van der Waals surface area contributed by atoms with Crippen molar-refractivity contribution in [2.75, 3.05) is 0 Å². The lowest BCUT2D eigenvalue weighted by atomic mass is 10.3. The second kappa shape index (κ2) is 7.80. The highest BCUT2D eigenvalue weighted by molar-refractivity contribution is 6.68. The number of nitrogens with zero attached hydrogens (tertiary/aromatic N) is 1. The van der Waals surface area contributed by atoms with E-state index in [2.05, 4.69) is 0 Å². The average molecular weight is 273 g/mol. The van der Waals surface area contributed by atoms with Gasteiger partial charge in [0.05, 0.1) is 5.56 Å². The molecule has 8 heteroatoms. The van der Waals surface area contributed by atoms with Crippen LogP contribution < -0.4 is 4.73 Å². The highest BCUT2D eigenvalue weighted by Gasteiger charge is 1.99. The van der Waals surface area contributed by atoms with Crippen LogP contribution in [0.2, 0.25) is 0 Å². The smallest absolute Gasteiger partial charge is 0.328 e. The third-order valence-electron chi connectivity index (χ3n) is 1.40. The summed E-state index contributed by atoms with van der Waals surface area (Å²) in [6.45, 7) is 0. The van der Waals surface area contributed by atoms with Crippen LogP contribution >= 0.6 is 11.6 Å². The van der Waals surface area contributed by atoms with Crippen molar-refractivity contribution in [3.05, 3.63) is 47.4 Å². The topological polar surface area (TPSA) is 125 Å². The van der Waals surface area contributed by atoms with Gasteiger partial charge in [-0.05, 0) is 6.07 Å². The van der Waals surface area contributed by atoms with Crippen molar-refractivity contribution >= 4 is 28.7 Å². The Kier molecular flexibility index (Phi) is 6.75. The molecule has 18 heavy (non-hydrogen) atoms. The highest BCUT2D eigenvalue weighted by Crippen LogP contribution is 1.98. The van der Waals surface area contributed by atoms with Gasteiger partial charge in [-0.1, -0.05) is 11.6 Å². The van der Waals surface area contributed by atoms with Gasteiger partial charge in [0.15, 0.2) is 12.4 Å². The minimum atomic E-state index is -1.26. The average Bonchev–Trinajstić information content (AvgIpc) is 2.27. The molecule has 1 aromatic heterocycles. The van der Waals surface area contributed by atoms with Gasteiger partial charge < -0.3 is 15.4 Å². The van der Waals surface area contributed by atoms with Crippen LogP contribution in [0, 0.1) is 10.6 Å². The Bertz CT molecular complexity index is 471. The van der Waals surface area contributed by atoms with E-state index in [0.717, 1.165) is 0 Å². The fourth-order valence-electron chi connectivity index (χ4n) is 0.727. The van der Waals surface area contributed by atoms with Gasteiger partial charge in [-0.25, -0.2) is 9.59 Å². The summed E-state index contributed by atoms with van der Waals surface area (Å²) in [6.07, 6.45) is 3.70. The molecule has 0 atom stereocenters. The predicted molar refractivity (Wildman–Crippen MR) is 62.5 cm³/mol. The molecule has 0 fully saturated rings. The van der Waals surface area contributed by atoms with Gasteiger partial charge in [0.25, 0.3) is 0 Å². The molecule has 0 unspecified atom stereocenters. The second-order valence-corrected chi connectivity index (χ2v) is 3.15. The largest absolute Gasteiger partial charge is 0.619 e. The van der Waals surface area contributed by atoms with E-state index in [1.54, 1.807) is 12.1 Å². The number of aliphatic carboxylic acids is 2. The summed E-state index contributed by atoms with van der Waals surface area (Å²) in [6, 6.07) is 3.14. The van der Waals surface area contributed by atoms with Crippen molar-refractivity contribution in [3.8, 4) is 0 Å². The molecule has 0 aliphatic carbocycles.